The van der Waals surface area contributed by atoms with E-state index in [0.29, 0.717) is 17.1 Å². The summed E-state index contributed by atoms with van der Waals surface area (Å²) in [5.74, 6) is 0.245. The van der Waals surface area contributed by atoms with Crippen LogP contribution in [0.15, 0.2) is 108 Å². The molecule has 4 aromatic rings. The lowest BCUT2D eigenvalue weighted by Gasteiger charge is -2.37. The van der Waals surface area contributed by atoms with Gasteiger partial charge in [-0.05, 0) is 54.4 Å². The van der Waals surface area contributed by atoms with E-state index < -0.39 is 16.2 Å². The highest BCUT2D eigenvalue weighted by atomic mass is 32.2. The number of nitrogens with zero attached hydrogens (tertiary/aromatic N) is 1. The number of nitrogens with one attached hydrogen (secondary N) is 2. The predicted octanol–water partition coefficient (Wildman–Crippen LogP) is 5.33. The molecule has 0 saturated carbocycles. The number of ether oxygens (including phenoxy) is 1. The lowest BCUT2D eigenvalue weighted by molar-refractivity contribution is -0.118. The molecule has 0 bridgehead atoms. The molecule has 188 valence electrons. The smallest absolute Gasteiger partial charge is 0.262 e. The van der Waals surface area contributed by atoms with E-state index in [2.05, 4.69) is 10.6 Å². The second-order valence-corrected chi connectivity index (χ2v) is 10.7. The molecule has 0 aliphatic carbocycles. The van der Waals surface area contributed by atoms with Gasteiger partial charge >= 0.3 is 0 Å². The Morgan fingerprint density at radius 2 is 1.57 bits per heavy atom. The number of aryl methyl sites for hydroxylation is 1. The summed E-state index contributed by atoms with van der Waals surface area (Å²) in [6.07, 6.45) is -0.612. The SMILES string of the molecule is Cc1ccc(NC(=O)COc2ccc(C3Nc4ccccc4S(=O)(=O)N3Cc3ccccc3)cc2)cc1. The van der Waals surface area contributed by atoms with Crippen molar-refractivity contribution in [3.05, 3.63) is 120 Å². The van der Waals surface area contributed by atoms with Gasteiger partial charge < -0.3 is 15.4 Å². The van der Waals surface area contributed by atoms with Crippen LogP contribution in [-0.4, -0.2) is 25.2 Å². The fraction of sp³-hybridized carbons (Fsp3) is 0.138. The maximum absolute atomic E-state index is 13.6. The average molecular weight is 514 g/mol. The predicted molar refractivity (Wildman–Crippen MR) is 144 cm³/mol. The molecule has 37 heavy (non-hydrogen) atoms. The van der Waals surface area contributed by atoms with E-state index in [1.807, 2.05) is 79.7 Å². The molecular formula is C29H27N3O4S. The number of carbonyl (C=O) groups is 1. The largest absolute Gasteiger partial charge is 0.484 e. The first kappa shape index (κ1) is 24.5. The molecule has 2 N–H and O–H groups in total. The summed E-state index contributed by atoms with van der Waals surface area (Å²) < 4.78 is 34.4. The topological polar surface area (TPSA) is 87.7 Å². The molecule has 1 unspecified atom stereocenters. The van der Waals surface area contributed by atoms with Gasteiger partial charge in [0.2, 0.25) is 10.0 Å². The molecule has 0 spiro atoms. The summed E-state index contributed by atoms with van der Waals surface area (Å²) in [6.45, 7) is 2.06. The van der Waals surface area contributed by atoms with Gasteiger partial charge in [0.1, 0.15) is 16.8 Å². The van der Waals surface area contributed by atoms with Crippen molar-refractivity contribution in [3.8, 4) is 5.75 Å². The highest BCUT2D eigenvalue weighted by Gasteiger charge is 2.38. The summed E-state index contributed by atoms with van der Waals surface area (Å²) in [5, 5.41) is 6.18. The minimum atomic E-state index is -3.76. The Hall–Kier alpha value is -4.14. The maximum Gasteiger partial charge on any atom is 0.262 e. The number of benzene rings is 4. The highest BCUT2D eigenvalue weighted by molar-refractivity contribution is 7.89. The third kappa shape index (κ3) is 5.50. The van der Waals surface area contributed by atoms with Crippen molar-refractivity contribution in [3.63, 3.8) is 0 Å². The molecule has 4 aromatic carbocycles. The van der Waals surface area contributed by atoms with Gasteiger partial charge in [-0.1, -0.05) is 72.3 Å². The zero-order chi connectivity index (χ0) is 25.8. The van der Waals surface area contributed by atoms with Gasteiger partial charge in [-0.3, -0.25) is 4.79 Å². The van der Waals surface area contributed by atoms with Crippen molar-refractivity contribution in [1.82, 2.24) is 4.31 Å². The Labute approximate surface area is 216 Å². The number of hydrogen-bond donors (Lipinski definition) is 2. The zero-order valence-electron chi connectivity index (χ0n) is 20.3. The minimum absolute atomic E-state index is 0.142. The maximum atomic E-state index is 13.6. The van der Waals surface area contributed by atoms with Crippen molar-refractivity contribution >= 4 is 27.3 Å². The van der Waals surface area contributed by atoms with Crippen LogP contribution in [0, 0.1) is 6.92 Å². The summed E-state index contributed by atoms with van der Waals surface area (Å²) >= 11 is 0. The van der Waals surface area contributed by atoms with Crippen molar-refractivity contribution in [1.29, 1.82) is 0 Å². The molecule has 1 heterocycles. The normalized spacial score (nSPS) is 16.3. The molecular weight excluding hydrogens is 486 g/mol. The van der Waals surface area contributed by atoms with Crippen molar-refractivity contribution in [2.75, 3.05) is 17.2 Å². The molecule has 7 nitrogen and oxygen atoms in total. The highest BCUT2D eigenvalue weighted by Crippen LogP contribution is 2.39. The van der Waals surface area contributed by atoms with Gasteiger partial charge in [0, 0.05) is 12.2 Å². The van der Waals surface area contributed by atoms with Crippen LogP contribution in [0.4, 0.5) is 11.4 Å². The van der Waals surface area contributed by atoms with E-state index in [-0.39, 0.29) is 24.0 Å². The second kappa shape index (κ2) is 10.5. The fourth-order valence-corrected chi connectivity index (χ4v) is 5.89. The van der Waals surface area contributed by atoms with Crippen LogP contribution in [-0.2, 0) is 21.4 Å². The summed E-state index contributed by atoms with van der Waals surface area (Å²) in [6, 6.07) is 31.1. The number of amides is 1. The first-order valence-corrected chi connectivity index (χ1v) is 13.3. The fourth-order valence-electron chi connectivity index (χ4n) is 4.21. The van der Waals surface area contributed by atoms with E-state index in [1.54, 1.807) is 30.3 Å². The summed E-state index contributed by atoms with van der Waals surface area (Å²) in [4.78, 5) is 12.5. The van der Waals surface area contributed by atoms with E-state index in [1.165, 1.54) is 4.31 Å². The van der Waals surface area contributed by atoms with Gasteiger partial charge in [0.15, 0.2) is 6.61 Å². The van der Waals surface area contributed by atoms with Crippen LogP contribution in [0.3, 0.4) is 0 Å². The standard InChI is InChI=1S/C29H27N3O4S/c1-21-11-15-24(16-12-21)30-28(33)20-36-25-17-13-23(14-18-25)29-31-26-9-5-6-10-27(26)37(34,35)32(29)19-22-7-3-2-4-8-22/h2-18,29,31H,19-20H2,1H3,(H,30,33). The van der Waals surface area contributed by atoms with E-state index in [9.17, 15) is 13.2 Å². The Morgan fingerprint density at radius 1 is 0.892 bits per heavy atom. The summed E-state index contributed by atoms with van der Waals surface area (Å²) in [7, 11) is -3.76. The molecule has 0 fully saturated rings. The van der Waals surface area contributed by atoms with E-state index in [4.69, 9.17) is 4.74 Å². The first-order valence-electron chi connectivity index (χ1n) is 11.9. The minimum Gasteiger partial charge on any atom is -0.484 e. The van der Waals surface area contributed by atoms with E-state index >= 15 is 0 Å². The van der Waals surface area contributed by atoms with Gasteiger partial charge in [-0.15, -0.1) is 0 Å². The Kier molecular flexibility index (Phi) is 6.94. The van der Waals surface area contributed by atoms with Crippen LogP contribution in [0.5, 0.6) is 5.75 Å². The second-order valence-electron chi connectivity index (χ2n) is 8.85. The third-order valence-corrected chi connectivity index (χ3v) is 8.01. The molecule has 0 radical (unpaired) electrons. The van der Waals surface area contributed by atoms with Crippen LogP contribution in [0.1, 0.15) is 22.9 Å². The lowest BCUT2D eigenvalue weighted by atomic mass is 10.1. The molecule has 0 aromatic heterocycles. The number of carbonyl (C=O) groups excluding carboxylic acids is 1. The zero-order valence-corrected chi connectivity index (χ0v) is 21.1. The number of para-hydroxylation sites is 1. The van der Waals surface area contributed by atoms with Crippen molar-refractivity contribution in [2.45, 2.75) is 24.5 Å². The van der Waals surface area contributed by atoms with Crippen LogP contribution < -0.4 is 15.4 Å². The molecule has 8 heteroatoms. The average Bonchev–Trinajstić information content (AvgIpc) is 2.91. The molecule has 1 atom stereocenters. The number of fused-ring (bicyclic) bond motifs is 1. The lowest BCUT2D eigenvalue weighted by Crippen LogP contribution is -2.42. The Balaban J connectivity index is 1.33. The number of rotatable bonds is 7. The molecule has 1 amide bonds. The summed E-state index contributed by atoms with van der Waals surface area (Å²) in [5.41, 5.74) is 4.02. The van der Waals surface area contributed by atoms with Gasteiger partial charge in [-0.25, -0.2) is 8.42 Å². The Morgan fingerprint density at radius 3 is 2.30 bits per heavy atom. The van der Waals surface area contributed by atoms with E-state index in [0.717, 1.165) is 16.7 Å². The van der Waals surface area contributed by atoms with Crippen LogP contribution >= 0.6 is 0 Å². The Bertz CT molecular complexity index is 1490. The monoisotopic (exact) mass is 513 g/mol. The first-order chi connectivity index (χ1) is 17.9. The van der Waals surface area contributed by atoms with Gasteiger partial charge in [0.05, 0.1) is 5.69 Å². The quantitative estimate of drug-likeness (QED) is 0.349. The van der Waals surface area contributed by atoms with Gasteiger partial charge in [0.25, 0.3) is 5.91 Å². The third-order valence-electron chi connectivity index (χ3n) is 6.14. The molecule has 1 aliphatic rings. The number of sulfonamides is 1. The molecule has 5 rings (SSSR count). The van der Waals surface area contributed by atoms with Crippen molar-refractivity contribution in [2.24, 2.45) is 0 Å². The van der Waals surface area contributed by atoms with Crippen LogP contribution in [0.2, 0.25) is 0 Å². The van der Waals surface area contributed by atoms with Crippen molar-refractivity contribution < 1.29 is 17.9 Å². The number of anilines is 2. The number of hydrogen-bond acceptors (Lipinski definition) is 5. The van der Waals surface area contributed by atoms with Crippen LogP contribution in [0.25, 0.3) is 0 Å². The molecule has 0 saturated heterocycles. The molecule has 1 aliphatic heterocycles. The van der Waals surface area contributed by atoms with Gasteiger partial charge in [-0.2, -0.15) is 4.31 Å².